The molecule has 0 fully saturated rings. The normalized spacial score (nSPS) is 11.1. The molecule has 2 N–H and O–H groups in total. The van der Waals surface area contributed by atoms with Crippen LogP contribution in [0.2, 0.25) is 0 Å². The Bertz CT molecular complexity index is 518. The van der Waals surface area contributed by atoms with Gasteiger partial charge in [0.1, 0.15) is 0 Å². The highest BCUT2D eigenvalue weighted by Gasteiger charge is 2.15. The van der Waals surface area contributed by atoms with Crippen molar-refractivity contribution in [2.75, 3.05) is 41.5 Å². The van der Waals surface area contributed by atoms with E-state index >= 15 is 0 Å². The fourth-order valence-corrected chi connectivity index (χ4v) is 2.48. The third-order valence-electron chi connectivity index (χ3n) is 3.77. The fraction of sp³-hybridized carbons (Fsp3) is 0.611. The third-order valence-corrected chi connectivity index (χ3v) is 3.77. The van der Waals surface area contributed by atoms with Crippen LogP contribution in [0.25, 0.3) is 0 Å². The van der Waals surface area contributed by atoms with E-state index in [9.17, 15) is 0 Å². The van der Waals surface area contributed by atoms with Crippen molar-refractivity contribution < 1.29 is 14.2 Å². The van der Waals surface area contributed by atoms with Crippen LogP contribution < -0.4 is 24.8 Å². The number of hydrogen-bond acceptors (Lipinski definition) is 4. The topological polar surface area (TPSA) is 64.1 Å². The van der Waals surface area contributed by atoms with Crippen LogP contribution >= 0.6 is 0 Å². The first-order valence-corrected chi connectivity index (χ1v) is 8.44. The van der Waals surface area contributed by atoms with E-state index in [0.29, 0.717) is 17.2 Å². The smallest absolute Gasteiger partial charge is 0.203 e. The summed E-state index contributed by atoms with van der Waals surface area (Å²) < 4.78 is 16.2. The second kappa shape index (κ2) is 11.4. The molecule has 24 heavy (non-hydrogen) atoms. The van der Waals surface area contributed by atoms with E-state index in [2.05, 4.69) is 22.5 Å². The van der Waals surface area contributed by atoms with E-state index in [4.69, 9.17) is 14.2 Å². The van der Waals surface area contributed by atoms with Crippen molar-refractivity contribution in [1.29, 1.82) is 0 Å². The number of benzene rings is 1. The second-order valence-electron chi connectivity index (χ2n) is 5.38. The second-order valence-corrected chi connectivity index (χ2v) is 5.38. The molecule has 0 aliphatic carbocycles. The molecule has 0 unspecified atom stereocenters. The predicted octanol–water partition coefficient (Wildman–Crippen LogP) is 2.61. The average Bonchev–Trinajstić information content (AvgIpc) is 2.62. The van der Waals surface area contributed by atoms with Crippen molar-refractivity contribution in [3.63, 3.8) is 0 Å². The van der Waals surface area contributed by atoms with E-state index in [-0.39, 0.29) is 0 Å². The minimum atomic E-state index is 0.625. The van der Waals surface area contributed by atoms with Crippen molar-refractivity contribution in [2.45, 2.75) is 32.6 Å². The summed E-state index contributed by atoms with van der Waals surface area (Å²) in [6.45, 7) is 3.88. The molecule has 0 saturated carbocycles. The molecule has 1 aromatic rings. The predicted molar refractivity (Wildman–Crippen MR) is 98.7 cm³/mol. The van der Waals surface area contributed by atoms with E-state index < -0.39 is 0 Å². The summed E-state index contributed by atoms with van der Waals surface area (Å²) in [6, 6.07) is 3.90. The lowest BCUT2D eigenvalue weighted by Gasteiger charge is -2.16. The van der Waals surface area contributed by atoms with Gasteiger partial charge in [-0.15, -0.1) is 0 Å². The van der Waals surface area contributed by atoms with Gasteiger partial charge in [0.05, 0.1) is 21.3 Å². The first-order valence-electron chi connectivity index (χ1n) is 8.44. The van der Waals surface area contributed by atoms with E-state index in [1.54, 1.807) is 28.4 Å². The van der Waals surface area contributed by atoms with Gasteiger partial charge in [-0.05, 0) is 18.9 Å². The van der Waals surface area contributed by atoms with Crippen LogP contribution in [0.15, 0.2) is 17.1 Å². The van der Waals surface area contributed by atoms with Gasteiger partial charge < -0.3 is 24.8 Å². The number of nitrogens with zero attached hydrogens (tertiary/aromatic N) is 1. The summed E-state index contributed by atoms with van der Waals surface area (Å²) >= 11 is 0. The van der Waals surface area contributed by atoms with Crippen LogP contribution in [0.4, 0.5) is 0 Å². The number of rotatable bonds is 10. The molecule has 0 atom stereocenters. The molecule has 1 aromatic carbocycles. The molecule has 0 radical (unpaired) electrons. The Labute approximate surface area is 145 Å². The van der Waals surface area contributed by atoms with Crippen LogP contribution in [-0.2, 0) is 6.42 Å². The zero-order chi connectivity index (χ0) is 17.8. The molecule has 0 amide bonds. The first-order chi connectivity index (χ1) is 11.7. The summed E-state index contributed by atoms with van der Waals surface area (Å²) in [5.41, 5.74) is 1.06. The highest BCUT2D eigenvalue weighted by atomic mass is 16.5. The van der Waals surface area contributed by atoms with Gasteiger partial charge in [0.15, 0.2) is 17.5 Å². The molecule has 6 heteroatoms. The van der Waals surface area contributed by atoms with Crippen LogP contribution in [0.3, 0.4) is 0 Å². The molecule has 0 aromatic heterocycles. The van der Waals surface area contributed by atoms with Gasteiger partial charge in [0.25, 0.3) is 0 Å². The van der Waals surface area contributed by atoms with Gasteiger partial charge in [0, 0.05) is 25.7 Å². The maximum Gasteiger partial charge on any atom is 0.203 e. The van der Waals surface area contributed by atoms with Crippen LogP contribution in [0, 0.1) is 0 Å². The lowest BCUT2D eigenvalue weighted by molar-refractivity contribution is 0.322. The third kappa shape index (κ3) is 5.83. The average molecular weight is 337 g/mol. The minimum absolute atomic E-state index is 0.625. The largest absolute Gasteiger partial charge is 0.493 e. The number of aliphatic imine (C=N–C) groups is 1. The molecule has 6 nitrogen and oxygen atoms in total. The summed E-state index contributed by atoms with van der Waals surface area (Å²) in [5.74, 6) is 2.83. The molecule has 0 heterocycles. The molecule has 1 rings (SSSR count). The van der Waals surface area contributed by atoms with Crippen molar-refractivity contribution >= 4 is 5.96 Å². The van der Waals surface area contributed by atoms with Crippen LogP contribution in [0.5, 0.6) is 17.2 Å². The Morgan fingerprint density at radius 3 is 2.25 bits per heavy atom. The number of unbranched alkanes of at least 4 members (excludes halogenated alkanes) is 2. The maximum atomic E-state index is 5.51. The van der Waals surface area contributed by atoms with Crippen molar-refractivity contribution in [3.05, 3.63) is 17.7 Å². The zero-order valence-electron chi connectivity index (χ0n) is 15.6. The standard InChI is InChI=1S/C18H31N3O3/c1-6-7-8-12-20-18(19-2)21-13-11-14-9-10-15(22-3)17(24-5)16(14)23-4/h9-10H,6-8,11-13H2,1-5H3,(H2,19,20,21). The van der Waals surface area contributed by atoms with Gasteiger partial charge in [-0.25, -0.2) is 0 Å². The first kappa shape index (κ1) is 19.9. The number of hydrogen-bond donors (Lipinski definition) is 2. The quantitative estimate of drug-likeness (QED) is 0.390. The lowest BCUT2D eigenvalue weighted by atomic mass is 10.1. The Kier molecular flexibility index (Phi) is 9.49. The molecule has 0 aliphatic heterocycles. The van der Waals surface area contributed by atoms with Crippen LogP contribution in [0.1, 0.15) is 31.7 Å². The number of nitrogens with one attached hydrogen (secondary N) is 2. The zero-order valence-corrected chi connectivity index (χ0v) is 15.6. The minimum Gasteiger partial charge on any atom is -0.493 e. The van der Waals surface area contributed by atoms with Gasteiger partial charge in [-0.3, -0.25) is 4.99 Å². The summed E-state index contributed by atoms with van der Waals surface area (Å²) in [6.07, 6.45) is 4.39. The van der Waals surface area contributed by atoms with E-state index in [1.165, 1.54) is 12.8 Å². The van der Waals surface area contributed by atoms with Crippen molar-refractivity contribution in [2.24, 2.45) is 4.99 Å². The van der Waals surface area contributed by atoms with E-state index in [0.717, 1.165) is 37.5 Å². The summed E-state index contributed by atoms with van der Waals surface area (Å²) in [7, 11) is 6.66. The Hall–Kier alpha value is -2.11. The Balaban J connectivity index is 2.60. The molecule has 0 aliphatic rings. The number of guanidine groups is 1. The molecule has 0 spiro atoms. The van der Waals surface area contributed by atoms with Gasteiger partial charge >= 0.3 is 0 Å². The number of ether oxygens (including phenoxy) is 3. The van der Waals surface area contributed by atoms with Gasteiger partial charge in [-0.2, -0.15) is 0 Å². The highest BCUT2D eigenvalue weighted by Crippen LogP contribution is 2.39. The van der Waals surface area contributed by atoms with E-state index in [1.807, 2.05) is 12.1 Å². The van der Waals surface area contributed by atoms with Crippen molar-refractivity contribution in [1.82, 2.24) is 10.6 Å². The molecule has 0 bridgehead atoms. The number of methoxy groups -OCH3 is 3. The van der Waals surface area contributed by atoms with Gasteiger partial charge in [0.2, 0.25) is 5.75 Å². The van der Waals surface area contributed by atoms with Crippen molar-refractivity contribution in [3.8, 4) is 17.2 Å². The highest BCUT2D eigenvalue weighted by molar-refractivity contribution is 5.79. The SMILES string of the molecule is CCCCCNC(=NC)NCCc1ccc(OC)c(OC)c1OC. The molecular weight excluding hydrogens is 306 g/mol. The Morgan fingerprint density at radius 2 is 1.67 bits per heavy atom. The monoisotopic (exact) mass is 337 g/mol. The summed E-state index contributed by atoms with van der Waals surface area (Å²) in [5, 5.41) is 6.65. The van der Waals surface area contributed by atoms with Crippen LogP contribution in [-0.4, -0.2) is 47.4 Å². The van der Waals surface area contributed by atoms with Gasteiger partial charge in [-0.1, -0.05) is 25.8 Å². The maximum absolute atomic E-state index is 5.51. The fourth-order valence-electron chi connectivity index (χ4n) is 2.48. The molecular formula is C18H31N3O3. The molecule has 136 valence electrons. The molecule has 0 saturated heterocycles. The lowest BCUT2D eigenvalue weighted by Crippen LogP contribution is -2.38. The summed E-state index contributed by atoms with van der Waals surface area (Å²) in [4.78, 5) is 4.24. The Morgan fingerprint density at radius 1 is 0.958 bits per heavy atom.